The fourth-order valence-corrected chi connectivity index (χ4v) is 4.66. The summed E-state index contributed by atoms with van der Waals surface area (Å²) in [5, 5.41) is 0. The fraction of sp³-hybridized carbons (Fsp3) is 0.636. The van der Waals surface area contributed by atoms with Gasteiger partial charge in [0.2, 0.25) is 5.95 Å². The quantitative estimate of drug-likeness (QED) is 0.820. The second-order valence-electron chi connectivity index (χ2n) is 9.42. The first-order chi connectivity index (χ1) is 13.7. The lowest BCUT2D eigenvalue weighted by Crippen LogP contribution is -2.54. The predicted molar refractivity (Wildman–Crippen MR) is 116 cm³/mol. The third kappa shape index (κ3) is 4.00. The summed E-state index contributed by atoms with van der Waals surface area (Å²) in [6.45, 7) is 9.94. The van der Waals surface area contributed by atoms with Crippen molar-refractivity contribution < 1.29 is 9.53 Å². The zero-order valence-corrected chi connectivity index (χ0v) is 18.0. The third-order valence-corrected chi connectivity index (χ3v) is 6.00. The van der Waals surface area contributed by atoms with Crippen LogP contribution < -0.4 is 10.6 Å². The zero-order valence-electron chi connectivity index (χ0n) is 18.0. The monoisotopic (exact) mass is 399 g/mol. The molecule has 1 aromatic heterocycles. The van der Waals surface area contributed by atoms with Gasteiger partial charge < -0.3 is 24.8 Å². The van der Waals surface area contributed by atoms with Gasteiger partial charge in [0.25, 0.3) is 0 Å². The van der Waals surface area contributed by atoms with Crippen LogP contribution in [-0.2, 0) is 4.74 Å². The number of hydrogen-bond acceptors (Lipinski definition) is 5. The standard InChI is InChI=1S/C22H33N5O2/c1-15-14-25(21(28)29-22(2,3)4)11-12-26(15)17-9-10-18-19(13-17)27(20(23)24-18)16-7-5-6-8-16/h9-10,13,15-16H,5-8,11-12,14H2,1-4H3,(H2,23,24)/t15-/m0/s1. The highest BCUT2D eigenvalue weighted by atomic mass is 16.6. The molecule has 158 valence electrons. The molecule has 0 bridgehead atoms. The largest absolute Gasteiger partial charge is 0.444 e. The number of piperazine rings is 1. The summed E-state index contributed by atoms with van der Waals surface area (Å²) in [5.41, 5.74) is 9.04. The molecule has 1 atom stereocenters. The van der Waals surface area contributed by atoms with Gasteiger partial charge in [-0.3, -0.25) is 0 Å². The van der Waals surface area contributed by atoms with Crippen LogP contribution >= 0.6 is 0 Å². The van der Waals surface area contributed by atoms with E-state index < -0.39 is 5.60 Å². The van der Waals surface area contributed by atoms with Crippen molar-refractivity contribution in [1.82, 2.24) is 14.5 Å². The number of hydrogen-bond donors (Lipinski definition) is 1. The van der Waals surface area contributed by atoms with Crippen molar-refractivity contribution in [2.75, 3.05) is 30.3 Å². The molecule has 2 N–H and O–H groups in total. The molecule has 2 aliphatic rings. The van der Waals surface area contributed by atoms with E-state index in [-0.39, 0.29) is 12.1 Å². The Labute approximate surface area is 172 Å². The minimum absolute atomic E-state index is 0.203. The van der Waals surface area contributed by atoms with E-state index >= 15 is 0 Å². The molecule has 29 heavy (non-hydrogen) atoms. The molecule has 2 aromatic rings. The maximum atomic E-state index is 12.4. The summed E-state index contributed by atoms with van der Waals surface area (Å²) in [4.78, 5) is 21.2. The zero-order chi connectivity index (χ0) is 20.8. The highest BCUT2D eigenvalue weighted by Gasteiger charge is 2.30. The van der Waals surface area contributed by atoms with Crippen molar-refractivity contribution in [2.24, 2.45) is 0 Å². The Morgan fingerprint density at radius 1 is 1.21 bits per heavy atom. The van der Waals surface area contributed by atoms with Gasteiger partial charge in [0, 0.05) is 37.4 Å². The van der Waals surface area contributed by atoms with Crippen LogP contribution in [0.4, 0.5) is 16.4 Å². The number of amides is 1. The number of aromatic nitrogens is 2. The molecular weight excluding hydrogens is 366 g/mol. The van der Waals surface area contributed by atoms with Crippen LogP contribution in [0.5, 0.6) is 0 Å². The second kappa shape index (κ2) is 7.43. The first kappa shape index (κ1) is 19.9. The van der Waals surface area contributed by atoms with Crippen molar-refractivity contribution >= 4 is 28.8 Å². The summed E-state index contributed by atoms with van der Waals surface area (Å²) in [6, 6.07) is 7.06. The Bertz CT molecular complexity index is 894. The van der Waals surface area contributed by atoms with Crippen LogP contribution in [0.15, 0.2) is 18.2 Å². The van der Waals surface area contributed by atoms with E-state index in [4.69, 9.17) is 10.5 Å². The van der Waals surface area contributed by atoms with E-state index in [0.717, 1.165) is 23.3 Å². The molecule has 1 aromatic carbocycles. The lowest BCUT2D eigenvalue weighted by Gasteiger charge is -2.41. The molecule has 4 rings (SSSR count). The Kier molecular flexibility index (Phi) is 5.09. The molecule has 2 fully saturated rings. The molecule has 0 spiro atoms. The topological polar surface area (TPSA) is 76.6 Å². The Morgan fingerprint density at radius 3 is 2.59 bits per heavy atom. The summed E-state index contributed by atoms with van der Waals surface area (Å²) in [5.74, 6) is 0.617. The molecule has 1 aliphatic heterocycles. The van der Waals surface area contributed by atoms with Crippen molar-refractivity contribution in [1.29, 1.82) is 0 Å². The number of imidazole rings is 1. The van der Waals surface area contributed by atoms with Gasteiger partial charge in [-0.25, -0.2) is 9.78 Å². The van der Waals surface area contributed by atoms with Crippen LogP contribution in [0.25, 0.3) is 11.0 Å². The lowest BCUT2D eigenvalue weighted by molar-refractivity contribution is 0.0219. The highest BCUT2D eigenvalue weighted by Crippen LogP contribution is 2.36. The molecule has 1 saturated carbocycles. The summed E-state index contributed by atoms with van der Waals surface area (Å²) in [7, 11) is 0. The van der Waals surface area contributed by atoms with Gasteiger partial charge in [0.15, 0.2) is 0 Å². The van der Waals surface area contributed by atoms with Gasteiger partial charge in [0.05, 0.1) is 11.0 Å². The molecule has 7 heteroatoms. The molecule has 1 aliphatic carbocycles. The molecular formula is C22H33N5O2. The number of fused-ring (bicyclic) bond motifs is 1. The van der Waals surface area contributed by atoms with E-state index in [2.05, 4.69) is 39.6 Å². The Hall–Kier alpha value is -2.44. The lowest BCUT2D eigenvalue weighted by atomic mass is 10.1. The normalized spacial score (nSPS) is 21.2. The van der Waals surface area contributed by atoms with Crippen molar-refractivity contribution in [3.05, 3.63) is 18.2 Å². The molecule has 7 nitrogen and oxygen atoms in total. The predicted octanol–water partition coefficient (Wildman–Crippen LogP) is 4.18. The average molecular weight is 400 g/mol. The SMILES string of the molecule is C[C@H]1CN(C(=O)OC(C)(C)C)CCN1c1ccc2nc(N)n(C3CCCC3)c2c1. The summed E-state index contributed by atoms with van der Waals surface area (Å²) < 4.78 is 7.77. The van der Waals surface area contributed by atoms with Crippen molar-refractivity contribution in [3.8, 4) is 0 Å². The number of rotatable bonds is 2. The number of anilines is 2. The van der Waals surface area contributed by atoms with Crippen LogP contribution in [0.1, 0.15) is 59.4 Å². The number of nitrogen functional groups attached to an aromatic ring is 1. The molecule has 2 heterocycles. The van der Waals surface area contributed by atoms with Crippen LogP contribution in [0, 0.1) is 0 Å². The van der Waals surface area contributed by atoms with E-state index in [9.17, 15) is 4.79 Å². The molecule has 1 amide bonds. The first-order valence-corrected chi connectivity index (χ1v) is 10.7. The maximum absolute atomic E-state index is 12.4. The van der Waals surface area contributed by atoms with E-state index in [1.807, 2.05) is 25.7 Å². The van der Waals surface area contributed by atoms with Crippen molar-refractivity contribution in [3.63, 3.8) is 0 Å². The number of carbonyl (C=O) groups is 1. The van der Waals surface area contributed by atoms with Gasteiger partial charge in [-0.1, -0.05) is 12.8 Å². The summed E-state index contributed by atoms with van der Waals surface area (Å²) >= 11 is 0. The fourth-order valence-electron chi connectivity index (χ4n) is 4.66. The third-order valence-electron chi connectivity index (χ3n) is 6.00. The smallest absolute Gasteiger partial charge is 0.410 e. The van der Waals surface area contributed by atoms with Gasteiger partial charge >= 0.3 is 6.09 Å². The second-order valence-corrected chi connectivity index (χ2v) is 9.42. The van der Waals surface area contributed by atoms with Gasteiger partial charge in [-0.05, 0) is 58.7 Å². The van der Waals surface area contributed by atoms with Crippen LogP contribution in [0.3, 0.4) is 0 Å². The average Bonchev–Trinajstić information content (AvgIpc) is 3.26. The first-order valence-electron chi connectivity index (χ1n) is 10.7. The van der Waals surface area contributed by atoms with E-state index in [1.165, 1.54) is 25.7 Å². The van der Waals surface area contributed by atoms with Crippen molar-refractivity contribution in [2.45, 2.75) is 71.1 Å². The number of benzene rings is 1. The van der Waals surface area contributed by atoms with E-state index in [0.29, 0.717) is 25.1 Å². The number of nitrogens with two attached hydrogens (primary N) is 1. The molecule has 0 radical (unpaired) electrons. The maximum Gasteiger partial charge on any atom is 0.410 e. The highest BCUT2D eigenvalue weighted by molar-refractivity contribution is 5.82. The van der Waals surface area contributed by atoms with Gasteiger partial charge in [0.1, 0.15) is 5.60 Å². The number of carbonyl (C=O) groups excluding carboxylic acids is 1. The van der Waals surface area contributed by atoms with Gasteiger partial charge in [-0.15, -0.1) is 0 Å². The minimum Gasteiger partial charge on any atom is -0.444 e. The minimum atomic E-state index is -0.471. The molecule has 0 unspecified atom stereocenters. The molecule has 1 saturated heterocycles. The summed E-state index contributed by atoms with van der Waals surface area (Å²) in [6.07, 6.45) is 4.63. The Morgan fingerprint density at radius 2 is 1.93 bits per heavy atom. The Balaban J connectivity index is 1.54. The van der Waals surface area contributed by atoms with Crippen LogP contribution in [0.2, 0.25) is 0 Å². The number of nitrogens with zero attached hydrogens (tertiary/aromatic N) is 4. The van der Waals surface area contributed by atoms with E-state index in [1.54, 1.807) is 0 Å². The van der Waals surface area contributed by atoms with Gasteiger partial charge in [-0.2, -0.15) is 0 Å². The van der Waals surface area contributed by atoms with Crippen LogP contribution in [-0.4, -0.2) is 51.8 Å². The number of ether oxygens (including phenoxy) is 1.